The van der Waals surface area contributed by atoms with Crippen LogP contribution in [0.4, 0.5) is 0 Å². The lowest BCUT2D eigenvalue weighted by Gasteiger charge is -2.35. The van der Waals surface area contributed by atoms with Crippen LogP contribution in [0.25, 0.3) is 0 Å². The Morgan fingerprint density at radius 1 is 1.22 bits per heavy atom. The maximum absolute atomic E-state index is 13.0. The number of hydrogen-bond donors (Lipinski definition) is 0. The number of amides is 1. The molecule has 3 rings (SSSR count). The summed E-state index contributed by atoms with van der Waals surface area (Å²) in [6.45, 7) is 0.823. The first-order chi connectivity index (χ1) is 10.7. The number of nitrogens with zero attached hydrogens (tertiary/aromatic N) is 2. The van der Waals surface area contributed by atoms with E-state index in [2.05, 4.69) is 28.2 Å². The second-order valence-electron chi connectivity index (χ2n) is 5.79. The van der Waals surface area contributed by atoms with Crippen molar-refractivity contribution in [2.45, 2.75) is 25.3 Å². The van der Waals surface area contributed by atoms with Gasteiger partial charge in [-0.15, -0.1) is 0 Å². The van der Waals surface area contributed by atoms with Crippen LogP contribution in [0.15, 0.2) is 53.3 Å². The van der Waals surface area contributed by atoms with Gasteiger partial charge in [0, 0.05) is 22.6 Å². The average molecular weight is 487 g/mol. The molecule has 2 heterocycles. The van der Waals surface area contributed by atoms with Crippen molar-refractivity contribution in [1.29, 1.82) is 0 Å². The van der Waals surface area contributed by atoms with Crippen molar-refractivity contribution >= 4 is 21.8 Å². The number of hydrogen-bond acceptors (Lipinski definition) is 1. The zero-order valence-electron chi connectivity index (χ0n) is 13.1. The number of piperidine rings is 1. The maximum atomic E-state index is 13.0. The van der Waals surface area contributed by atoms with Crippen LogP contribution < -0.4 is 28.5 Å². The van der Waals surface area contributed by atoms with Crippen LogP contribution in [0, 0.1) is 0 Å². The van der Waals surface area contributed by atoms with Gasteiger partial charge in [0.15, 0.2) is 12.4 Å². The molecule has 5 heteroatoms. The normalized spacial score (nSPS) is 17.5. The van der Waals surface area contributed by atoms with E-state index in [0.29, 0.717) is 0 Å². The number of rotatable bonds is 2. The van der Waals surface area contributed by atoms with Crippen LogP contribution >= 0.6 is 15.9 Å². The lowest BCUT2D eigenvalue weighted by Crippen LogP contribution is -3.00. The van der Waals surface area contributed by atoms with Gasteiger partial charge in [0.2, 0.25) is 0 Å². The van der Waals surface area contributed by atoms with E-state index in [4.69, 9.17) is 0 Å². The lowest BCUT2D eigenvalue weighted by molar-refractivity contribution is -0.672. The van der Waals surface area contributed by atoms with Gasteiger partial charge in [-0.3, -0.25) is 4.79 Å². The molecule has 1 unspecified atom stereocenters. The fraction of sp³-hybridized carbons (Fsp3) is 0.333. The summed E-state index contributed by atoms with van der Waals surface area (Å²) >= 11 is 3.50. The highest BCUT2D eigenvalue weighted by Gasteiger charge is 2.30. The van der Waals surface area contributed by atoms with Gasteiger partial charge in [0.25, 0.3) is 5.91 Å². The van der Waals surface area contributed by atoms with Gasteiger partial charge < -0.3 is 28.9 Å². The van der Waals surface area contributed by atoms with Gasteiger partial charge >= 0.3 is 0 Å². The van der Waals surface area contributed by atoms with Crippen molar-refractivity contribution < 1.29 is 33.3 Å². The molecule has 1 aromatic heterocycles. The molecule has 0 radical (unpaired) electrons. The summed E-state index contributed by atoms with van der Waals surface area (Å²) in [7, 11) is 2.02. The molecule has 1 aromatic carbocycles. The first-order valence-corrected chi connectivity index (χ1v) is 8.47. The minimum atomic E-state index is 0. The topological polar surface area (TPSA) is 24.2 Å². The maximum Gasteiger partial charge on any atom is 0.255 e. The summed E-state index contributed by atoms with van der Waals surface area (Å²) in [4.78, 5) is 15.0. The SMILES string of the molecule is C[n+]1cccc(C2CCCCN2C(=O)c2ccccc2Br)c1.[I-]. The van der Waals surface area contributed by atoms with Crippen LogP contribution in [0.5, 0.6) is 0 Å². The smallest absolute Gasteiger partial charge is 0.255 e. The van der Waals surface area contributed by atoms with Crippen LogP contribution in [0.1, 0.15) is 41.2 Å². The summed E-state index contributed by atoms with van der Waals surface area (Å²) in [5.41, 5.74) is 1.96. The molecule has 122 valence electrons. The Kier molecular flexibility index (Phi) is 6.59. The molecule has 0 saturated carbocycles. The molecule has 1 fully saturated rings. The Bertz CT molecular complexity index is 692. The fourth-order valence-electron chi connectivity index (χ4n) is 3.12. The van der Waals surface area contributed by atoms with Crippen LogP contribution in [-0.2, 0) is 7.05 Å². The zero-order chi connectivity index (χ0) is 15.5. The predicted molar refractivity (Wildman–Crippen MR) is 89.4 cm³/mol. The molecule has 2 aromatic rings. The van der Waals surface area contributed by atoms with E-state index in [0.717, 1.165) is 29.4 Å². The van der Waals surface area contributed by atoms with Crippen LogP contribution in [0.2, 0.25) is 0 Å². The second-order valence-corrected chi connectivity index (χ2v) is 6.65. The first-order valence-electron chi connectivity index (χ1n) is 7.67. The Balaban J connectivity index is 0.00000192. The lowest BCUT2D eigenvalue weighted by atomic mass is 9.95. The van der Waals surface area contributed by atoms with Crippen molar-refractivity contribution in [2.75, 3.05) is 6.54 Å². The highest BCUT2D eigenvalue weighted by molar-refractivity contribution is 9.10. The van der Waals surface area contributed by atoms with Crippen molar-refractivity contribution in [1.82, 2.24) is 4.90 Å². The number of halogens is 2. The van der Waals surface area contributed by atoms with Gasteiger partial charge in [0.1, 0.15) is 7.05 Å². The second kappa shape index (κ2) is 8.24. The fourth-order valence-corrected chi connectivity index (χ4v) is 3.57. The van der Waals surface area contributed by atoms with E-state index in [-0.39, 0.29) is 35.9 Å². The van der Waals surface area contributed by atoms with E-state index in [1.54, 1.807) is 0 Å². The first kappa shape index (κ1) is 18.4. The Hall–Kier alpha value is -0.950. The third-order valence-electron chi connectivity index (χ3n) is 4.22. The number of likely N-dealkylation sites (tertiary alicyclic amines) is 1. The minimum Gasteiger partial charge on any atom is -1.00 e. The zero-order valence-corrected chi connectivity index (χ0v) is 16.8. The molecule has 0 aliphatic carbocycles. The minimum absolute atomic E-state index is 0. The Morgan fingerprint density at radius 2 is 2.00 bits per heavy atom. The van der Waals surface area contributed by atoms with E-state index < -0.39 is 0 Å². The molecule has 1 aliphatic heterocycles. The largest absolute Gasteiger partial charge is 1.00 e. The molecule has 1 atom stereocenters. The molecule has 1 amide bonds. The van der Waals surface area contributed by atoms with E-state index in [1.807, 2.05) is 53.0 Å². The third kappa shape index (κ3) is 4.12. The molecular weight excluding hydrogens is 467 g/mol. The Morgan fingerprint density at radius 3 is 2.74 bits per heavy atom. The summed E-state index contributed by atoms with van der Waals surface area (Å²) in [6.07, 6.45) is 7.41. The molecule has 0 N–H and O–H groups in total. The summed E-state index contributed by atoms with van der Waals surface area (Å²) < 4.78 is 2.91. The van der Waals surface area contributed by atoms with Crippen molar-refractivity contribution in [2.24, 2.45) is 7.05 Å². The quantitative estimate of drug-likeness (QED) is 0.451. The van der Waals surface area contributed by atoms with E-state index in [9.17, 15) is 4.79 Å². The molecule has 1 saturated heterocycles. The molecular formula is C18H20BrIN2O. The van der Waals surface area contributed by atoms with Crippen LogP contribution in [-0.4, -0.2) is 17.4 Å². The summed E-state index contributed by atoms with van der Waals surface area (Å²) in [6, 6.07) is 12.0. The highest BCUT2D eigenvalue weighted by atomic mass is 127. The highest BCUT2D eigenvalue weighted by Crippen LogP contribution is 2.32. The van der Waals surface area contributed by atoms with Crippen molar-refractivity contribution in [3.63, 3.8) is 0 Å². The van der Waals surface area contributed by atoms with Crippen molar-refractivity contribution in [3.8, 4) is 0 Å². The molecule has 0 bridgehead atoms. The van der Waals surface area contributed by atoms with Gasteiger partial charge in [-0.2, -0.15) is 0 Å². The molecule has 1 aliphatic rings. The summed E-state index contributed by atoms with van der Waals surface area (Å²) in [5, 5.41) is 0. The molecule has 23 heavy (non-hydrogen) atoms. The van der Waals surface area contributed by atoms with Gasteiger partial charge in [0.05, 0.1) is 11.6 Å². The number of pyridine rings is 1. The van der Waals surface area contributed by atoms with Gasteiger partial charge in [-0.05, 0) is 53.4 Å². The third-order valence-corrected chi connectivity index (χ3v) is 4.91. The number of carbonyl (C=O) groups excluding carboxylic acids is 1. The van der Waals surface area contributed by atoms with Crippen molar-refractivity contribution in [3.05, 3.63) is 64.4 Å². The average Bonchev–Trinajstić information content (AvgIpc) is 2.55. The predicted octanol–water partition coefficient (Wildman–Crippen LogP) is 0.645. The van der Waals surface area contributed by atoms with Gasteiger partial charge in [-0.1, -0.05) is 12.1 Å². The molecule has 0 spiro atoms. The Labute approximate surface area is 162 Å². The van der Waals surface area contributed by atoms with Crippen LogP contribution in [0.3, 0.4) is 0 Å². The number of carbonyl (C=O) groups is 1. The monoisotopic (exact) mass is 486 g/mol. The number of aryl methyl sites for hydroxylation is 1. The molecule has 3 nitrogen and oxygen atoms in total. The number of benzene rings is 1. The number of aromatic nitrogens is 1. The van der Waals surface area contributed by atoms with Gasteiger partial charge in [-0.25, -0.2) is 4.57 Å². The standard InChI is InChI=1S/C18H20BrN2O.HI/c1-20-11-6-7-14(13-20)17-10-4-5-12-21(17)18(22)15-8-2-3-9-16(15)19;/h2-3,6-9,11,13,17H,4-5,10,12H2,1H3;1H/q+1;/p-1. The van der Waals surface area contributed by atoms with E-state index >= 15 is 0 Å². The summed E-state index contributed by atoms with van der Waals surface area (Å²) in [5.74, 6) is 0.115. The van der Waals surface area contributed by atoms with E-state index in [1.165, 1.54) is 12.0 Å².